The standard InChI is InChI=1S/C24H18N4O5/c29-15-18-13-20(28(31)32)11-12-22(18)33-16-24(30)25-23-14-21(17-7-3-1-4-8-17)26-27(23)19-9-5-2-6-10-19/h1-15H,16H2,(H,25,30). The zero-order valence-corrected chi connectivity index (χ0v) is 17.3. The minimum atomic E-state index is -0.613. The van der Waals surface area contributed by atoms with Gasteiger partial charge in [0.25, 0.3) is 11.6 Å². The molecule has 0 atom stereocenters. The molecule has 0 aliphatic rings. The van der Waals surface area contributed by atoms with Crippen LogP contribution in [0.4, 0.5) is 11.5 Å². The van der Waals surface area contributed by atoms with Crippen molar-refractivity contribution in [3.8, 4) is 22.7 Å². The molecule has 1 N–H and O–H groups in total. The van der Waals surface area contributed by atoms with Crippen molar-refractivity contribution in [1.82, 2.24) is 9.78 Å². The van der Waals surface area contributed by atoms with Crippen LogP contribution in [0, 0.1) is 10.1 Å². The topological polar surface area (TPSA) is 116 Å². The van der Waals surface area contributed by atoms with Gasteiger partial charge in [-0.05, 0) is 18.2 Å². The third-order valence-corrected chi connectivity index (χ3v) is 4.74. The van der Waals surface area contributed by atoms with Gasteiger partial charge in [-0.2, -0.15) is 5.10 Å². The largest absolute Gasteiger partial charge is 0.483 e. The molecule has 0 bridgehead atoms. The summed E-state index contributed by atoms with van der Waals surface area (Å²) in [6, 6.07) is 24.2. The second kappa shape index (κ2) is 9.56. The maximum atomic E-state index is 12.6. The van der Waals surface area contributed by atoms with Gasteiger partial charge in [-0.15, -0.1) is 0 Å². The van der Waals surface area contributed by atoms with E-state index in [4.69, 9.17) is 4.74 Å². The molecular formula is C24H18N4O5. The van der Waals surface area contributed by atoms with E-state index >= 15 is 0 Å². The number of nitro groups is 1. The number of nitrogens with zero attached hydrogens (tertiary/aromatic N) is 3. The molecule has 9 nitrogen and oxygen atoms in total. The van der Waals surface area contributed by atoms with Crippen molar-refractivity contribution < 1.29 is 19.2 Å². The van der Waals surface area contributed by atoms with Crippen LogP contribution in [-0.4, -0.2) is 33.5 Å². The Balaban J connectivity index is 1.55. The molecule has 9 heteroatoms. The molecule has 3 aromatic carbocycles. The fraction of sp³-hybridized carbons (Fsp3) is 0.0417. The summed E-state index contributed by atoms with van der Waals surface area (Å²) >= 11 is 0. The van der Waals surface area contributed by atoms with Crippen LogP contribution in [0.5, 0.6) is 5.75 Å². The summed E-state index contributed by atoms with van der Waals surface area (Å²) in [4.78, 5) is 34.1. The lowest BCUT2D eigenvalue weighted by Gasteiger charge is -2.10. The number of aromatic nitrogens is 2. The maximum Gasteiger partial charge on any atom is 0.270 e. The molecule has 164 valence electrons. The van der Waals surface area contributed by atoms with E-state index in [1.54, 1.807) is 10.7 Å². The highest BCUT2D eigenvalue weighted by Crippen LogP contribution is 2.25. The summed E-state index contributed by atoms with van der Waals surface area (Å²) in [5.74, 6) is 0.0298. The number of benzene rings is 3. The van der Waals surface area contributed by atoms with Gasteiger partial charge in [0.2, 0.25) is 0 Å². The van der Waals surface area contributed by atoms with Crippen molar-refractivity contribution in [2.75, 3.05) is 11.9 Å². The number of aldehydes is 1. The second-order valence-electron chi connectivity index (χ2n) is 6.96. The summed E-state index contributed by atoms with van der Waals surface area (Å²) in [5.41, 5.74) is 2.07. The Morgan fingerprint density at radius 3 is 2.39 bits per heavy atom. The molecular weight excluding hydrogens is 424 g/mol. The summed E-state index contributed by atoms with van der Waals surface area (Å²) < 4.78 is 7.05. The number of hydrogen-bond donors (Lipinski definition) is 1. The summed E-state index contributed by atoms with van der Waals surface area (Å²) in [5, 5.41) is 18.3. The van der Waals surface area contributed by atoms with Gasteiger partial charge in [0.05, 0.1) is 21.9 Å². The monoisotopic (exact) mass is 442 g/mol. The number of non-ortho nitro benzene ring substituents is 1. The molecule has 1 heterocycles. The highest BCUT2D eigenvalue weighted by molar-refractivity contribution is 5.92. The molecule has 33 heavy (non-hydrogen) atoms. The van der Waals surface area contributed by atoms with Crippen LogP contribution in [0.25, 0.3) is 16.9 Å². The fourth-order valence-corrected chi connectivity index (χ4v) is 3.18. The minimum Gasteiger partial charge on any atom is -0.483 e. The molecule has 0 saturated carbocycles. The van der Waals surface area contributed by atoms with E-state index in [1.807, 2.05) is 60.7 Å². The number of carbonyl (C=O) groups excluding carboxylic acids is 2. The Morgan fingerprint density at radius 2 is 1.73 bits per heavy atom. The summed E-state index contributed by atoms with van der Waals surface area (Å²) in [7, 11) is 0. The second-order valence-corrected chi connectivity index (χ2v) is 6.96. The van der Waals surface area contributed by atoms with Crippen LogP contribution < -0.4 is 10.1 Å². The van der Waals surface area contributed by atoms with Crippen LogP contribution in [0.2, 0.25) is 0 Å². The number of hydrogen-bond acceptors (Lipinski definition) is 6. The summed E-state index contributed by atoms with van der Waals surface area (Å²) in [6.07, 6.45) is 0.441. The van der Waals surface area contributed by atoms with E-state index < -0.39 is 17.4 Å². The third kappa shape index (κ3) is 4.93. The fourth-order valence-electron chi connectivity index (χ4n) is 3.18. The van der Waals surface area contributed by atoms with Gasteiger partial charge < -0.3 is 10.1 Å². The number of rotatable bonds is 8. The Bertz CT molecular complexity index is 1300. The third-order valence-electron chi connectivity index (χ3n) is 4.74. The van der Waals surface area contributed by atoms with E-state index in [-0.39, 0.29) is 17.0 Å². The Hall–Kier alpha value is -4.79. The van der Waals surface area contributed by atoms with E-state index in [2.05, 4.69) is 10.4 Å². The first-order valence-electron chi connectivity index (χ1n) is 9.92. The molecule has 4 rings (SSSR count). The lowest BCUT2D eigenvalue weighted by Crippen LogP contribution is -2.22. The van der Waals surface area contributed by atoms with E-state index in [1.165, 1.54) is 12.1 Å². The molecule has 0 spiro atoms. The number of ether oxygens (including phenoxy) is 1. The highest BCUT2D eigenvalue weighted by Gasteiger charge is 2.16. The molecule has 1 amide bonds. The van der Waals surface area contributed by atoms with Crippen LogP contribution in [0.15, 0.2) is 84.9 Å². The zero-order valence-electron chi connectivity index (χ0n) is 17.3. The van der Waals surface area contributed by atoms with Gasteiger partial charge in [0, 0.05) is 23.8 Å². The number of amides is 1. The number of carbonyl (C=O) groups is 2. The Morgan fingerprint density at radius 1 is 1.03 bits per heavy atom. The van der Waals surface area contributed by atoms with Gasteiger partial charge >= 0.3 is 0 Å². The predicted octanol–water partition coefficient (Wildman–Crippen LogP) is 4.28. The lowest BCUT2D eigenvalue weighted by atomic mass is 10.2. The average Bonchev–Trinajstić information content (AvgIpc) is 3.27. The number of nitrogens with one attached hydrogen (secondary N) is 1. The minimum absolute atomic E-state index is 0.0160. The number of para-hydroxylation sites is 1. The van der Waals surface area contributed by atoms with Crippen molar-refractivity contribution >= 4 is 23.7 Å². The van der Waals surface area contributed by atoms with Crippen molar-refractivity contribution in [3.05, 3.63) is 101 Å². The van der Waals surface area contributed by atoms with Crippen LogP contribution in [0.3, 0.4) is 0 Å². The first-order valence-corrected chi connectivity index (χ1v) is 9.92. The van der Waals surface area contributed by atoms with Crippen LogP contribution in [0.1, 0.15) is 10.4 Å². The molecule has 0 fully saturated rings. The van der Waals surface area contributed by atoms with Crippen molar-refractivity contribution in [2.24, 2.45) is 0 Å². The first kappa shape index (κ1) is 21.4. The van der Waals surface area contributed by atoms with Gasteiger partial charge in [0.15, 0.2) is 12.9 Å². The predicted molar refractivity (Wildman–Crippen MR) is 122 cm³/mol. The van der Waals surface area contributed by atoms with Crippen molar-refractivity contribution in [3.63, 3.8) is 0 Å². The average molecular weight is 442 g/mol. The van der Waals surface area contributed by atoms with Gasteiger partial charge in [-0.25, -0.2) is 4.68 Å². The maximum absolute atomic E-state index is 12.6. The van der Waals surface area contributed by atoms with Crippen LogP contribution >= 0.6 is 0 Å². The first-order chi connectivity index (χ1) is 16.0. The summed E-state index contributed by atoms with van der Waals surface area (Å²) in [6.45, 7) is -0.403. The Labute approximate surface area is 188 Å². The van der Waals surface area contributed by atoms with Gasteiger partial charge in [-0.3, -0.25) is 19.7 Å². The smallest absolute Gasteiger partial charge is 0.270 e. The number of anilines is 1. The number of nitro benzene ring substituents is 1. The normalized spacial score (nSPS) is 10.4. The molecule has 1 aromatic heterocycles. The highest BCUT2D eigenvalue weighted by atomic mass is 16.6. The van der Waals surface area contributed by atoms with E-state index in [9.17, 15) is 19.7 Å². The lowest BCUT2D eigenvalue weighted by molar-refractivity contribution is -0.384. The van der Waals surface area contributed by atoms with Crippen molar-refractivity contribution in [1.29, 1.82) is 0 Å². The molecule has 4 aromatic rings. The SMILES string of the molecule is O=Cc1cc([N+](=O)[O-])ccc1OCC(=O)Nc1cc(-c2ccccc2)nn1-c1ccccc1. The zero-order chi connectivity index (χ0) is 23.2. The van der Waals surface area contributed by atoms with E-state index in [0.717, 1.165) is 17.3 Å². The molecule has 0 saturated heterocycles. The Kier molecular flexibility index (Phi) is 6.21. The van der Waals surface area contributed by atoms with E-state index in [0.29, 0.717) is 17.8 Å². The molecule has 0 aliphatic heterocycles. The molecule has 0 unspecified atom stereocenters. The van der Waals surface area contributed by atoms with Gasteiger partial charge in [0.1, 0.15) is 11.6 Å². The van der Waals surface area contributed by atoms with Gasteiger partial charge in [-0.1, -0.05) is 48.5 Å². The van der Waals surface area contributed by atoms with Crippen LogP contribution in [-0.2, 0) is 4.79 Å². The quantitative estimate of drug-likeness (QED) is 0.247. The molecule has 0 aliphatic carbocycles. The molecule has 0 radical (unpaired) electrons. The van der Waals surface area contributed by atoms with Crippen molar-refractivity contribution in [2.45, 2.75) is 0 Å².